The predicted octanol–water partition coefficient (Wildman–Crippen LogP) is -0.608. The fraction of sp³-hybridized carbons (Fsp3) is 0.714. The van der Waals surface area contributed by atoms with E-state index in [1.54, 1.807) is 0 Å². The van der Waals surface area contributed by atoms with Crippen LogP contribution in [0.15, 0.2) is 4.79 Å². The van der Waals surface area contributed by atoms with Gasteiger partial charge in [0.1, 0.15) is 5.82 Å². The molecule has 66 valence electrons. The van der Waals surface area contributed by atoms with Crippen molar-refractivity contribution in [1.82, 2.24) is 20.5 Å². The van der Waals surface area contributed by atoms with E-state index >= 15 is 0 Å². The van der Waals surface area contributed by atoms with Crippen molar-refractivity contribution in [3.05, 3.63) is 16.3 Å². The van der Waals surface area contributed by atoms with Crippen LogP contribution in [0.5, 0.6) is 0 Å². The number of aromatic amines is 2. The lowest BCUT2D eigenvalue weighted by molar-refractivity contribution is 0.586. The van der Waals surface area contributed by atoms with E-state index in [2.05, 4.69) is 20.5 Å². The van der Waals surface area contributed by atoms with Gasteiger partial charge < -0.3 is 5.32 Å². The van der Waals surface area contributed by atoms with Crippen LogP contribution >= 0.6 is 0 Å². The molecule has 2 heterocycles. The lowest BCUT2D eigenvalue weighted by Crippen LogP contribution is -2.24. The van der Waals surface area contributed by atoms with Gasteiger partial charge in [-0.1, -0.05) is 0 Å². The van der Waals surface area contributed by atoms with Crippen molar-refractivity contribution in [2.45, 2.75) is 25.3 Å². The zero-order valence-electron chi connectivity index (χ0n) is 6.76. The Kier molecular flexibility index (Phi) is 1.95. The summed E-state index contributed by atoms with van der Waals surface area (Å²) in [6.07, 6.45) is 3.22. The summed E-state index contributed by atoms with van der Waals surface area (Å²) < 4.78 is 0. The standard InChI is InChI=1S/C7H12N4O/c12-7-9-6(10-11-7)4-5-2-1-3-8-5/h5,8H,1-4H2,(H2,9,10,11,12). The summed E-state index contributed by atoms with van der Waals surface area (Å²) in [5.41, 5.74) is -0.219. The second-order valence-electron chi connectivity index (χ2n) is 3.12. The van der Waals surface area contributed by atoms with Crippen molar-refractivity contribution in [2.24, 2.45) is 0 Å². The van der Waals surface area contributed by atoms with Crippen LogP contribution in [0.2, 0.25) is 0 Å². The molecule has 12 heavy (non-hydrogen) atoms. The van der Waals surface area contributed by atoms with Crippen LogP contribution in [-0.2, 0) is 6.42 Å². The summed E-state index contributed by atoms with van der Waals surface area (Å²) in [5.74, 6) is 0.749. The maximum Gasteiger partial charge on any atom is 0.340 e. The monoisotopic (exact) mass is 168 g/mol. The summed E-state index contributed by atoms with van der Waals surface area (Å²) in [4.78, 5) is 13.3. The number of hydrogen-bond donors (Lipinski definition) is 3. The first-order valence-electron chi connectivity index (χ1n) is 4.21. The fourth-order valence-corrected chi connectivity index (χ4v) is 1.57. The molecular weight excluding hydrogens is 156 g/mol. The van der Waals surface area contributed by atoms with Crippen LogP contribution in [0.3, 0.4) is 0 Å². The number of rotatable bonds is 2. The van der Waals surface area contributed by atoms with E-state index in [1.807, 2.05) is 0 Å². The van der Waals surface area contributed by atoms with Crippen LogP contribution in [0, 0.1) is 0 Å². The molecule has 1 aliphatic rings. The van der Waals surface area contributed by atoms with Gasteiger partial charge in [0.2, 0.25) is 0 Å². The summed E-state index contributed by atoms with van der Waals surface area (Å²) in [5, 5.41) is 9.54. The summed E-state index contributed by atoms with van der Waals surface area (Å²) in [7, 11) is 0. The first kappa shape index (κ1) is 7.54. The quantitative estimate of drug-likeness (QED) is 0.551. The highest BCUT2D eigenvalue weighted by Crippen LogP contribution is 2.07. The molecule has 5 heteroatoms. The zero-order valence-corrected chi connectivity index (χ0v) is 6.76. The van der Waals surface area contributed by atoms with Crippen LogP contribution < -0.4 is 11.0 Å². The molecule has 2 rings (SSSR count). The largest absolute Gasteiger partial charge is 0.340 e. The second-order valence-corrected chi connectivity index (χ2v) is 3.12. The minimum atomic E-state index is -0.219. The first-order chi connectivity index (χ1) is 5.84. The number of nitrogens with zero attached hydrogens (tertiary/aromatic N) is 1. The zero-order chi connectivity index (χ0) is 8.39. The van der Waals surface area contributed by atoms with E-state index in [9.17, 15) is 4.79 Å². The topological polar surface area (TPSA) is 73.6 Å². The third kappa shape index (κ3) is 1.55. The molecule has 0 aromatic carbocycles. The maximum absolute atomic E-state index is 10.7. The average Bonchev–Trinajstić information content (AvgIpc) is 2.63. The summed E-state index contributed by atoms with van der Waals surface area (Å²) >= 11 is 0. The maximum atomic E-state index is 10.7. The fourth-order valence-electron chi connectivity index (χ4n) is 1.57. The predicted molar refractivity (Wildman–Crippen MR) is 43.9 cm³/mol. The number of nitrogens with one attached hydrogen (secondary N) is 3. The molecule has 0 bridgehead atoms. The Labute approximate surface area is 69.6 Å². The Hall–Kier alpha value is -1.10. The van der Waals surface area contributed by atoms with Gasteiger partial charge in [0.15, 0.2) is 0 Å². The molecule has 5 nitrogen and oxygen atoms in total. The van der Waals surface area contributed by atoms with E-state index in [1.165, 1.54) is 12.8 Å². The Balaban J connectivity index is 1.98. The molecule has 0 spiro atoms. The smallest absolute Gasteiger partial charge is 0.314 e. The van der Waals surface area contributed by atoms with Gasteiger partial charge >= 0.3 is 5.69 Å². The number of H-pyrrole nitrogens is 2. The number of aromatic nitrogens is 3. The van der Waals surface area contributed by atoms with E-state index in [4.69, 9.17) is 0 Å². The molecule has 1 saturated heterocycles. The normalized spacial score (nSPS) is 23.2. The number of hydrogen-bond acceptors (Lipinski definition) is 3. The SMILES string of the molecule is O=c1[nH]nc(CC2CCCN2)[nH]1. The van der Waals surface area contributed by atoms with E-state index in [0.29, 0.717) is 6.04 Å². The highest BCUT2D eigenvalue weighted by Gasteiger charge is 2.15. The van der Waals surface area contributed by atoms with Gasteiger partial charge in [0, 0.05) is 12.5 Å². The molecule has 1 aromatic rings. The lowest BCUT2D eigenvalue weighted by Gasteiger charge is -2.05. The summed E-state index contributed by atoms with van der Waals surface area (Å²) in [6, 6.07) is 0.490. The molecule has 1 aliphatic heterocycles. The van der Waals surface area contributed by atoms with Gasteiger partial charge in [-0.3, -0.25) is 4.98 Å². The molecule has 1 atom stereocenters. The van der Waals surface area contributed by atoms with Gasteiger partial charge in [-0.05, 0) is 19.4 Å². The Morgan fingerprint density at radius 2 is 2.50 bits per heavy atom. The van der Waals surface area contributed by atoms with Crippen LogP contribution in [0.25, 0.3) is 0 Å². The third-order valence-corrected chi connectivity index (χ3v) is 2.15. The molecule has 1 unspecified atom stereocenters. The van der Waals surface area contributed by atoms with E-state index in [0.717, 1.165) is 18.8 Å². The van der Waals surface area contributed by atoms with Crippen molar-refractivity contribution in [3.63, 3.8) is 0 Å². The van der Waals surface area contributed by atoms with Crippen LogP contribution in [-0.4, -0.2) is 27.8 Å². The molecule has 0 saturated carbocycles. The third-order valence-electron chi connectivity index (χ3n) is 2.15. The molecule has 0 aliphatic carbocycles. The van der Waals surface area contributed by atoms with E-state index < -0.39 is 0 Å². The van der Waals surface area contributed by atoms with Gasteiger partial charge in [0.05, 0.1) is 0 Å². The average molecular weight is 168 g/mol. The second kappa shape index (κ2) is 3.10. The van der Waals surface area contributed by atoms with E-state index in [-0.39, 0.29) is 5.69 Å². The minimum absolute atomic E-state index is 0.219. The molecular formula is C7H12N4O. The van der Waals surface area contributed by atoms with Crippen molar-refractivity contribution in [3.8, 4) is 0 Å². The minimum Gasteiger partial charge on any atom is -0.314 e. The summed E-state index contributed by atoms with van der Waals surface area (Å²) in [6.45, 7) is 1.08. The van der Waals surface area contributed by atoms with Gasteiger partial charge in [0.25, 0.3) is 0 Å². The van der Waals surface area contributed by atoms with Crippen molar-refractivity contribution in [1.29, 1.82) is 0 Å². The van der Waals surface area contributed by atoms with Gasteiger partial charge in [-0.15, -0.1) is 0 Å². The molecule has 0 radical (unpaired) electrons. The van der Waals surface area contributed by atoms with Crippen LogP contribution in [0.4, 0.5) is 0 Å². The highest BCUT2D eigenvalue weighted by molar-refractivity contribution is 4.88. The molecule has 0 amide bonds. The Morgan fingerprint density at radius 3 is 3.08 bits per heavy atom. The Morgan fingerprint density at radius 1 is 1.58 bits per heavy atom. The molecule has 3 N–H and O–H groups in total. The van der Waals surface area contributed by atoms with Crippen molar-refractivity contribution >= 4 is 0 Å². The van der Waals surface area contributed by atoms with Crippen molar-refractivity contribution in [2.75, 3.05) is 6.54 Å². The van der Waals surface area contributed by atoms with Crippen molar-refractivity contribution < 1.29 is 0 Å². The Bertz CT molecular complexity index is 296. The van der Waals surface area contributed by atoms with Gasteiger partial charge in [-0.25, -0.2) is 9.89 Å². The van der Waals surface area contributed by atoms with Gasteiger partial charge in [-0.2, -0.15) is 5.10 Å². The lowest BCUT2D eigenvalue weighted by atomic mass is 10.1. The van der Waals surface area contributed by atoms with Crippen LogP contribution in [0.1, 0.15) is 18.7 Å². The first-order valence-corrected chi connectivity index (χ1v) is 4.21. The molecule has 1 aromatic heterocycles. The highest BCUT2D eigenvalue weighted by atomic mass is 16.1. The molecule has 1 fully saturated rings.